The lowest BCUT2D eigenvalue weighted by atomic mass is 9.69. The van der Waals surface area contributed by atoms with Crippen LogP contribution in [0.5, 0.6) is 0 Å². The summed E-state index contributed by atoms with van der Waals surface area (Å²) >= 11 is 0. The lowest BCUT2D eigenvalue weighted by Gasteiger charge is -2.36. The average molecular weight is 316 g/mol. The van der Waals surface area contributed by atoms with Gasteiger partial charge < -0.3 is 9.47 Å². The Morgan fingerprint density at radius 2 is 1.91 bits per heavy atom. The Balaban J connectivity index is 1.31. The quantitative estimate of drug-likeness (QED) is 0.446. The van der Waals surface area contributed by atoms with Gasteiger partial charge in [-0.15, -0.1) is 0 Å². The molecule has 4 fully saturated rings. The number of hydrogen-bond acceptors (Lipinski definition) is 4. The zero-order chi connectivity index (χ0) is 15.9. The molecule has 0 radical (unpaired) electrons. The maximum atomic E-state index is 12.8. The summed E-state index contributed by atoms with van der Waals surface area (Å²) in [6.45, 7) is 3.65. The predicted molar refractivity (Wildman–Crippen MR) is 82.1 cm³/mol. The van der Waals surface area contributed by atoms with Gasteiger partial charge in [-0.25, -0.2) is 0 Å². The Kier molecular flexibility index (Phi) is 2.69. The first-order chi connectivity index (χ1) is 10.9. The van der Waals surface area contributed by atoms with Crippen LogP contribution in [0.25, 0.3) is 0 Å². The molecule has 4 aliphatic carbocycles. The molecule has 8 unspecified atom stereocenters. The summed E-state index contributed by atoms with van der Waals surface area (Å²) in [5, 5.41) is 0. The molecule has 1 aliphatic heterocycles. The summed E-state index contributed by atoms with van der Waals surface area (Å²) < 4.78 is 11.0. The van der Waals surface area contributed by atoms with Crippen molar-refractivity contribution in [3.05, 3.63) is 12.2 Å². The molecule has 1 heterocycles. The minimum atomic E-state index is -0.692. The Bertz CT molecular complexity index is 606. The van der Waals surface area contributed by atoms with E-state index in [1.807, 2.05) is 13.8 Å². The predicted octanol–water partition coefficient (Wildman–Crippen LogP) is 2.72. The van der Waals surface area contributed by atoms with Gasteiger partial charge >= 0.3 is 11.9 Å². The summed E-state index contributed by atoms with van der Waals surface area (Å²) in [5.74, 6) is 3.90. The van der Waals surface area contributed by atoms with Crippen molar-refractivity contribution in [3.63, 3.8) is 0 Å². The molecule has 0 amide bonds. The minimum Gasteiger partial charge on any atom is -0.457 e. The van der Waals surface area contributed by atoms with Gasteiger partial charge in [0.05, 0.1) is 12.3 Å². The highest BCUT2D eigenvalue weighted by atomic mass is 16.6. The van der Waals surface area contributed by atoms with Gasteiger partial charge in [0.2, 0.25) is 0 Å². The van der Waals surface area contributed by atoms with Gasteiger partial charge in [-0.2, -0.15) is 0 Å². The van der Waals surface area contributed by atoms with Crippen LogP contribution in [0.2, 0.25) is 0 Å². The first kappa shape index (κ1) is 14.1. The lowest BCUT2D eigenvalue weighted by Crippen LogP contribution is -2.40. The number of hydrogen-bond donors (Lipinski definition) is 0. The fourth-order valence-corrected chi connectivity index (χ4v) is 6.50. The van der Waals surface area contributed by atoms with Crippen molar-refractivity contribution in [3.8, 4) is 0 Å². The van der Waals surface area contributed by atoms with E-state index in [4.69, 9.17) is 9.47 Å². The van der Waals surface area contributed by atoms with E-state index in [1.54, 1.807) is 0 Å². The minimum absolute atomic E-state index is 0.0421. The van der Waals surface area contributed by atoms with Crippen molar-refractivity contribution >= 4 is 11.9 Å². The van der Waals surface area contributed by atoms with Gasteiger partial charge in [-0.1, -0.05) is 12.2 Å². The second-order valence-corrected chi connectivity index (χ2v) is 8.81. The number of carbonyl (C=O) groups excluding carboxylic acids is 2. The number of ether oxygens (including phenoxy) is 2. The molecule has 1 saturated heterocycles. The lowest BCUT2D eigenvalue weighted by molar-refractivity contribution is -0.166. The normalized spacial score (nSPS) is 51.1. The van der Waals surface area contributed by atoms with Crippen molar-refractivity contribution in [2.24, 2.45) is 41.4 Å². The monoisotopic (exact) mass is 316 g/mol. The second kappa shape index (κ2) is 4.40. The summed E-state index contributed by atoms with van der Waals surface area (Å²) in [6.07, 6.45) is 8.07. The zero-order valence-electron chi connectivity index (χ0n) is 13.7. The van der Waals surface area contributed by atoms with Crippen molar-refractivity contribution in [1.82, 2.24) is 0 Å². The van der Waals surface area contributed by atoms with E-state index >= 15 is 0 Å². The highest BCUT2D eigenvalue weighted by Crippen LogP contribution is 2.67. The number of esters is 2. The van der Waals surface area contributed by atoms with Crippen molar-refractivity contribution in [1.29, 1.82) is 0 Å². The van der Waals surface area contributed by atoms with Crippen LogP contribution in [0.4, 0.5) is 0 Å². The van der Waals surface area contributed by atoms with Gasteiger partial charge in [0.15, 0.2) is 6.10 Å². The highest BCUT2D eigenvalue weighted by Gasteiger charge is 2.62. The second-order valence-electron chi connectivity index (χ2n) is 8.81. The molecule has 3 saturated carbocycles. The van der Waals surface area contributed by atoms with Gasteiger partial charge in [0.1, 0.15) is 5.60 Å². The van der Waals surface area contributed by atoms with Crippen LogP contribution in [0, 0.1) is 41.4 Å². The van der Waals surface area contributed by atoms with E-state index in [2.05, 4.69) is 12.2 Å². The van der Waals surface area contributed by atoms with Gasteiger partial charge in [-0.3, -0.25) is 9.59 Å². The number of fused-ring (bicyclic) bond motifs is 9. The molecule has 0 aromatic carbocycles. The Hall–Kier alpha value is -1.32. The Labute approximate surface area is 136 Å². The topological polar surface area (TPSA) is 52.6 Å². The Morgan fingerprint density at radius 1 is 1.17 bits per heavy atom. The van der Waals surface area contributed by atoms with E-state index in [0.717, 1.165) is 18.3 Å². The smallest absolute Gasteiger partial charge is 0.310 e. The third kappa shape index (κ3) is 1.84. The van der Waals surface area contributed by atoms with E-state index in [9.17, 15) is 9.59 Å². The number of cyclic esters (lactones) is 1. The van der Waals surface area contributed by atoms with Crippen LogP contribution < -0.4 is 0 Å². The molecular formula is C19H24O4. The van der Waals surface area contributed by atoms with Crippen LogP contribution in [0.1, 0.15) is 39.5 Å². The Morgan fingerprint density at radius 3 is 2.61 bits per heavy atom. The number of allylic oxidation sites excluding steroid dienone is 2. The van der Waals surface area contributed by atoms with Crippen LogP contribution >= 0.6 is 0 Å². The fraction of sp³-hybridized carbons (Fsp3) is 0.789. The molecule has 5 rings (SSSR count). The van der Waals surface area contributed by atoms with Gasteiger partial charge in [0.25, 0.3) is 0 Å². The highest BCUT2D eigenvalue weighted by molar-refractivity contribution is 5.77. The van der Waals surface area contributed by atoms with E-state index < -0.39 is 11.7 Å². The first-order valence-electron chi connectivity index (χ1n) is 9.04. The fourth-order valence-electron chi connectivity index (χ4n) is 6.50. The molecule has 4 heteroatoms. The van der Waals surface area contributed by atoms with Crippen molar-refractivity contribution in [2.75, 3.05) is 0 Å². The standard InChI is InChI=1S/C19H24O4/c1-19(2)14(8-15(20)23-19)22-18(21)13-7-11-6-12(13)17-10-4-3-9(5-10)16(11)17/h3-4,9-14,16-17H,5-8H2,1-2H3. The van der Waals surface area contributed by atoms with Gasteiger partial charge in [0, 0.05) is 0 Å². The van der Waals surface area contributed by atoms with Crippen LogP contribution in [0.3, 0.4) is 0 Å². The van der Waals surface area contributed by atoms with E-state index in [1.165, 1.54) is 12.8 Å². The summed E-state index contributed by atoms with van der Waals surface area (Å²) in [6, 6.07) is 0. The molecule has 124 valence electrons. The summed E-state index contributed by atoms with van der Waals surface area (Å²) in [7, 11) is 0. The third-order valence-corrected chi connectivity index (χ3v) is 7.34. The van der Waals surface area contributed by atoms with Crippen molar-refractivity contribution in [2.45, 2.75) is 51.2 Å². The first-order valence-corrected chi connectivity index (χ1v) is 9.04. The third-order valence-electron chi connectivity index (χ3n) is 7.34. The molecule has 0 N–H and O–H groups in total. The molecule has 8 atom stereocenters. The number of carbonyl (C=O) groups is 2. The van der Waals surface area contributed by atoms with Crippen LogP contribution in [-0.2, 0) is 19.1 Å². The number of rotatable bonds is 2. The maximum absolute atomic E-state index is 12.8. The molecule has 4 nitrogen and oxygen atoms in total. The molecule has 23 heavy (non-hydrogen) atoms. The average Bonchev–Trinajstić information content (AvgIpc) is 3.24. The van der Waals surface area contributed by atoms with Gasteiger partial charge in [-0.05, 0) is 68.6 Å². The largest absolute Gasteiger partial charge is 0.457 e. The summed E-state index contributed by atoms with van der Waals surface area (Å²) in [4.78, 5) is 24.3. The summed E-state index contributed by atoms with van der Waals surface area (Å²) in [5.41, 5.74) is -0.692. The van der Waals surface area contributed by atoms with E-state index in [0.29, 0.717) is 23.7 Å². The zero-order valence-corrected chi connectivity index (χ0v) is 13.7. The van der Waals surface area contributed by atoms with Crippen molar-refractivity contribution < 1.29 is 19.1 Å². The molecule has 0 aromatic heterocycles. The van der Waals surface area contributed by atoms with Crippen LogP contribution in [-0.4, -0.2) is 23.6 Å². The molecule has 5 aliphatic rings. The van der Waals surface area contributed by atoms with E-state index in [-0.39, 0.29) is 24.3 Å². The SMILES string of the molecule is CC1(C)OC(=O)CC1OC(=O)C1CC2CC1C1C3C=CC(C3)C21. The molecule has 0 spiro atoms. The van der Waals surface area contributed by atoms with Crippen LogP contribution in [0.15, 0.2) is 12.2 Å². The maximum Gasteiger partial charge on any atom is 0.310 e. The molecule has 4 bridgehead atoms. The molecular weight excluding hydrogens is 292 g/mol. The molecule has 0 aromatic rings.